The zero-order chi connectivity index (χ0) is 13.9. The van der Waals surface area contributed by atoms with E-state index in [-0.39, 0.29) is 0 Å². The van der Waals surface area contributed by atoms with Crippen molar-refractivity contribution < 1.29 is 21.1 Å². The predicted octanol–water partition coefficient (Wildman–Crippen LogP) is 4.64. The minimum absolute atomic E-state index is 0.586. The molecule has 1 nitrogen and oxygen atoms in total. The normalized spacial score (nSPS) is 9.21. The summed E-state index contributed by atoms with van der Waals surface area (Å²) in [7, 11) is 0. The fourth-order valence-corrected chi connectivity index (χ4v) is 1.65. The molecule has 0 aliphatic heterocycles. The van der Waals surface area contributed by atoms with Crippen LogP contribution in [0, 0.1) is 6.07 Å². The van der Waals surface area contributed by atoms with E-state index in [0.717, 1.165) is 17.7 Å². The first-order valence-corrected chi connectivity index (χ1v) is 12.9. The van der Waals surface area contributed by atoms with E-state index in [4.69, 9.17) is 4.74 Å². The van der Waals surface area contributed by atoms with E-state index < -0.39 is 0 Å². The van der Waals surface area contributed by atoms with Gasteiger partial charge in [0.25, 0.3) is 0 Å². The molecular weight excluding hydrogens is 353 g/mol. The Morgan fingerprint density at radius 2 is 1.84 bits per heavy atom. The number of ether oxygens (including phenoxy) is 1. The molecule has 0 unspecified atom stereocenters. The molecule has 0 bridgehead atoms. The molecule has 0 heterocycles. The van der Waals surface area contributed by atoms with Crippen molar-refractivity contribution in [2.75, 3.05) is 0 Å². The SMILES string of the molecule is C=CCc1ccccc1OCc1cc[c-]cc1.[Zn+][Br]. The van der Waals surface area contributed by atoms with Crippen molar-refractivity contribution in [2.45, 2.75) is 13.0 Å². The zero-order valence-electron chi connectivity index (χ0n) is 10.8. The van der Waals surface area contributed by atoms with Crippen LogP contribution in [-0.4, -0.2) is 0 Å². The van der Waals surface area contributed by atoms with Crippen LogP contribution in [0.4, 0.5) is 0 Å². The van der Waals surface area contributed by atoms with Gasteiger partial charge in [0, 0.05) is 0 Å². The van der Waals surface area contributed by atoms with Crippen LogP contribution in [0.2, 0.25) is 0 Å². The summed E-state index contributed by atoms with van der Waals surface area (Å²) in [6, 6.07) is 18.9. The van der Waals surface area contributed by atoms with E-state index in [1.165, 1.54) is 21.9 Å². The molecule has 0 spiro atoms. The third-order valence-electron chi connectivity index (χ3n) is 2.52. The van der Waals surface area contributed by atoms with Gasteiger partial charge >= 0.3 is 30.0 Å². The summed E-state index contributed by atoms with van der Waals surface area (Å²) in [6.45, 7) is 4.34. The van der Waals surface area contributed by atoms with Crippen molar-refractivity contribution >= 4 is 13.6 Å². The van der Waals surface area contributed by atoms with Crippen LogP contribution in [0.25, 0.3) is 0 Å². The topological polar surface area (TPSA) is 9.23 Å². The van der Waals surface area contributed by atoms with Crippen LogP contribution in [0.15, 0.2) is 61.2 Å². The summed E-state index contributed by atoms with van der Waals surface area (Å²) in [6.07, 6.45) is 2.72. The van der Waals surface area contributed by atoms with Crippen molar-refractivity contribution in [1.82, 2.24) is 0 Å². The molecule has 0 aliphatic rings. The molecule has 0 saturated heterocycles. The first kappa shape index (κ1) is 16.1. The Hall–Kier alpha value is -0.917. The molecule has 0 N–H and O–H groups in total. The molecule has 19 heavy (non-hydrogen) atoms. The molecule has 94 valence electrons. The summed E-state index contributed by atoms with van der Waals surface area (Å²) < 4.78 is 5.81. The zero-order valence-corrected chi connectivity index (χ0v) is 15.4. The van der Waals surface area contributed by atoms with Crippen LogP contribution in [-0.2, 0) is 29.4 Å². The number of allylic oxidation sites excluding steroid dienone is 1. The van der Waals surface area contributed by atoms with Gasteiger partial charge in [0.15, 0.2) is 0 Å². The molecule has 0 radical (unpaired) electrons. The van der Waals surface area contributed by atoms with Crippen LogP contribution >= 0.6 is 13.6 Å². The van der Waals surface area contributed by atoms with Crippen molar-refractivity contribution in [3.05, 3.63) is 78.4 Å². The molecule has 3 heteroatoms. The molecule has 0 atom stereocenters. The van der Waals surface area contributed by atoms with Gasteiger partial charge in [-0.1, -0.05) is 24.3 Å². The average Bonchev–Trinajstić information content (AvgIpc) is 2.50. The van der Waals surface area contributed by atoms with Gasteiger partial charge in [-0.2, -0.15) is 30.3 Å². The third kappa shape index (κ3) is 5.71. The van der Waals surface area contributed by atoms with Crippen molar-refractivity contribution in [3.8, 4) is 5.75 Å². The van der Waals surface area contributed by atoms with Crippen LogP contribution < -0.4 is 4.74 Å². The first-order valence-electron chi connectivity index (χ1n) is 5.93. The first-order chi connectivity index (χ1) is 9.40. The number of halogens is 1. The fraction of sp³-hybridized carbons (Fsp3) is 0.125. The molecule has 0 aromatic heterocycles. The predicted molar refractivity (Wildman–Crippen MR) is 78.9 cm³/mol. The Bertz CT molecular complexity index is 485. The van der Waals surface area contributed by atoms with E-state index in [1.54, 1.807) is 0 Å². The molecule has 0 saturated carbocycles. The van der Waals surface area contributed by atoms with Gasteiger partial charge in [0.2, 0.25) is 0 Å². The Kier molecular flexibility index (Phi) is 8.44. The molecule has 0 amide bonds. The van der Waals surface area contributed by atoms with E-state index in [1.807, 2.05) is 48.5 Å². The van der Waals surface area contributed by atoms with Gasteiger partial charge < -0.3 is 4.74 Å². The Morgan fingerprint density at radius 1 is 1.16 bits per heavy atom. The Morgan fingerprint density at radius 3 is 2.53 bits per heavy atom. The van der Waals surface area contributed by atoms with Gasteiger partial charge in [0.05, 0.1) is 6.61 Å². The maximum absolute atomic E-state index is 5.81. The van der Waals surface area contributed by atoms with Crippen LogP contribution in [0.5, 0.6) is 5.75 Å². The summed E-state index contributed by atoms with van der Waals surface area (Å²) in [5.74, 6) is 0.931. The Balaban J connectivity index is 0.000000861. The second-order valence-corrected chi connectivity index (χ2v) is 3.80. The maximum atomic E-state index is 5.81. The van der Waals surface area contributed by atoms with E-state index in [9.17, 15) is 0 Å². The van der Waals surface area contributed by atoms with Crippen molar-refractivity contribution in [1.29, 1.82) is 0 Å². The molecule has 2 aromatic rings. The quantitative estimate of drug-likeness (QED) is 0.424. The van der Waals surface area contributed by atoms with E-state index in [0.29, 0.717) is 6.61 Å². The van der Waals surface area contributed by atoms with Gasteiger partial charge in [-0.15, -0.1) is 12.1 Å². The number of para-hydroxylation sites is 1. The third-order valence-corrected chi connectivity index (χ3v) is 2.52. The number of benzene rings is 2. The second kappa shape index (κ2) is 9.94. The molecular formula is C16H15BrOZn. The van der Waals surface area contributed by atoms with Gasteiger partial charge in [-0.25, -0.2) is 0 Å². The van der Waals surface area contributed by atoms with Crippen molar-refractivity contribution in [3.63, 3.8) is 0 Å². The van der Waals surface area contributed by atoms with Gasteiger partial charge in [-0.05, 0) is 18.1 Å². The summed E-state index contributed by atoms with van der Waals surface area (Å²) in [5.41, 5.74) is 2.32. The molecule has 0 aliphatic carbocycles. The Labute approximate surface area is 131 Å². The number of hydrogen-bond donors (Lipinski definition) is 0. The molecule has 2 rings (SSSR count). The van der Waals surface area contributed by atoms with Gasteiger partial charge in [-0.3, -0.25) is 0 Å². The monoisotopic (exact) mass is 366 g/mol. The molecule has 2 aromatic carbocycles. The summed E-state index contributed by atoms with van der Waals surface area (Å²) in [4.78, 5) is 0. The van der Waals surface area contributed by atoms with Crippen molar-refractivity contribution in [2.24, 2.45) is 0 Å². The minimum atomic E-state index is 0.586. The summed E-state index contributed by atoms with van der Waals surface area (Å²) >= 11 is 4.25. The van der Waals surface area contributed by atoms with Gasteiger partial charge in [0.1, 0.15) is 5.75 Å². The number of rotatable bonds is 5. The number of hydrogen-bond acceptors (Lipinski definition) is 1. The van der Waals surface area contributed by atoms with Crippen LogP contribution in [0.3, 0.4) is 0 Å². The standard InChI is InChI=1S/C16H15O.BrH.Zn/c1-2-8-15-11-6-7-12-16(15)17-13-14-9-4-3-5-10-14;;/h2,4-7,9-12H,1,8,13H2;1H;/q-1;;+2/p-1. The van der Waals surface area contributed by atoms with Crippen LogP contribution in [0.1, 0.15) is 11.1 Å². The average molecular weight is 369 g/mol. The summed E-state index contributed by atoms with van der Waals surface area (Å²) in [5, 5.41) is 0. The fourth-order valence-electron chi connectivity index (χ4n) is 1.65. The van der Waals surface area contributed by atoms with E-state index >= 15 is 0 Å². The molecule has 0 fully saturated rings. The second-order valence-electron chi connectivity index (χ2n) is 3.80. The van der Waals surface area contributed by atoms with E-state index in [2.05, 4.69) is 32.3 Å².